The number of carbonyl (C=O) groups excluding carboxylic acids is 2. The molecule has 146 valence electrons. The first-order chi connectivity index (χ1) is 12.3. The molecule has 0 aromatic heterocycles. The summed E-state index contributed by atoms with van der Waals surface area (Å²) in [4.78, 5) is 23.1. The van der Waals surface area contributed by atoms with Crippen LogP contribution in [0.15, 0.2) is 12.1 Å². The van der Waals surface area contributed by atoms with Crippen LogP contribution >= 0.6 is 0 Å². The van der Waals surface area contributed by atoms with Crippen molar-refractivity contribution >= 4 is 11.9 Å². The fraction of sp³-hybridized carbons (Fsp3) is 0.636. The van der Waals surface area contributed by atoms with Crippen molar-refractivity contribution in [1.82, 2.24) is 0 Å². The second-order valence-corrected chi connectivity index (χ2v) is 7.57. The monoisotopic (exact) mass is 360 g/mol. The van der Waals surface area contributed by atoms with Gasteiger partial charge in [0, 0.05) is 11.1 Å². The van der Waals surface area contributed by atoms with E-state index < -0.39 is 11.9 Å². The molecule has 0 radical (unpaired) electrons. The van der Waals surface area contributed by atoms with Gasteiger partial charge < -0.3 is 19.8 Å². The molecular weight excluding hydrogens is 328 g/mol. The summed E-state index contributed by atoms with van der Waals surface area (Å²) in [7, 11) is 0. The molecule has 26 heavy (non-hydrogen) atoms. The molecule has 0 spiro atoms. The van der Waals surface area contributed by atoms with Crippen LogP contribution in [0.4, 0.5) is 0 Å². The van der Waals surface area contributed by atoms with Gasteiger partial charge in [0.05, 0.1) is 11.9 Å². The van der Waals surface area contributed by atoms with Crippen LogP contribution in [-0.2, 0) is 12.8 Å². The largest absolute Gasteiger partial charge is 0.545 e. The Morgan fingerprint density at radius 2 is 1.38 bits per heavy atom. The Hall–Kier alpha value is -1.84. The summed E-state index contributed by atoms with van der Waals surface area (Å²) in [5.41, 5.74) is 1.10. The van der Waals surface area contributed by atoms with E-state index in [4.69, 9.17) is 0 Å². The Labute approximate surface area is 157 Å². The third-order valence-electron chi connectivity index (χ3n) is 5.19. The van der Waals surface area contributed by atoms with Crippen LogP contribution in [-0.4, -0.2) is 11.9 Å². The lowest BCUT2D eigenvalue weighted by Crippen LogP contribution is -2.32. The average Bonchev–Trinajstić information content (AvgIpc) is 2.57. The summed E-state index contributed by atoms with van der Waals surface area (Å²) in [6.07, 6.45) is 7.52. The number of hydrogen-bond acceptors (Lipinski definition) is 4. The number of rotatable bonds is 12. The van der Waals surface area contributed by atoms with Crippen LogP contribution in [0.5, 0.6) is 0 Å². The molecule has 4 nitrogen and oxygen atoms in total. The molecular formula is C22H32O4-2. The molecule has 1 aromatic rings. The molecule has 0 saturated carbocycles. The second-order valence-electron chi connectivity index (χ2n) is 7.57. The van der Waals surface area contributed by atoms with E-state index in [0.29, 0.717) is 23.8 Å². The summed E-state index contributed by atoms with van der Waals surface area (Å²) in [6, 6.07) is 3.12. The molecule has 0 bridgehead atoms. The van der Waals surface area contributed by atoms with Gasteiger partial charge in [-0.1, -0.05) is 65.5 Å². The Bertz CT molecular complexity index is 606. The highest BCUT2D eigenvalue weighted by molar-refractivity contribution is 6.01. The molecule has 0 heterocycles. The molecule has 0 N–H and O–H groups in total. The molecule has 0 saturated heterocycles. The molecule has 1 aromatic carbocycles. The molecule has 0 fully saturated rings. The lowest BCUT2D eigenvalue weighted by atomic mass is 9.86. The summed E-state index contributed by atoms with van der Waals surface area (Å²) in [6.45, 7) is 8.62. The van der Waals surface area contributed by atoms with Crippen molar-refractivity contribution in [2.45, 2.75) is 79.1 Å². The first-order valence-electron chi connectivity index (χ1n) is 9.89. The van der Waals surface area contributed by atoms with E-state index >= 15 is 0 Å². The second kappa shape index (κ2) is 11.0. The number of carboxylic acid groups (broad SMARTS) is 2. The van der Waals surface area contributed by atoms with E-state index in [9.17, 15) is 19.8 Å². The van der Waals surface area contributed by atoms with Crippen molar-refractivity contribution in [3.05, 3.63) is 34.4 Å². The predicted molar refractivity (Wildman–Crippen MR) is 99.9 cm³/mol. The maximum Gasteiger partial charge on any atom is 0.0724 e. The summed E-state index contributed by atoms with van der Waals surface area (Å²) in [5.74, 6) is -1.86. The van der Waals surface area contributed by atoms with Crippen molar-refractivity contribution in [3.63, 3.8) is 0 Å². The molecule has 0 aliphatic heterocycles. The van der Waals surface area contributed by atoms with Crippen LogP contribution in [0, 0.1) is 11.8 Å². The fourth-order valence-corrected chi connectivity index (χ4v) is 3.68. The highest BCUT2D eigenvalue weighted by atomic mass is 16.4. The van der Waals surface area contributed by atoms with E-state index in [-0.39, 0.29) is 11.1 Å². The number of hydrogen-bond donors (Lipinski definition) is 0. The minimum atomic E-state index is -1.46. The van der Waals surface area contributed by atoms with Gasteiger partial charge in [-0.25, -0.2) is 0 Å². The molecule has 0 aliphatic rings. The van der Waals surface area contributed by atoms with Gasteiger partial charge in [0.25, 0.3) is 0 Å². The molecule has 0 amide bonds. The zero-order valence-corrected chi connectivity index (χ0v) is 16.6. The van der Waals surface area contributed by atoms with Gasteiger partial charge in [-0.15, -0.1) is 0 Å². The molecule has 2 unspecified atom stereocenters. The van der Waals surface area contributed by atoms with Gasteiger partial charge in [0.1, 0.15) is 0 Å². The van der Waals surface area contributed by atoms with Gasteiger partial charge in [0.2, 0.25) is 0 Å². The Morgan fingerprint density at radius 1 is 0.846 bits per heavy atom. The highest BCUT2D eigenvalue weighted by Gasteiger charge is 2.16. The van der Waals surface area contributed by atoms with Gasteiger partial charge in [-0.05, 0) is 48.6 Å². The van der Waals surface area contributed by atoms with Gasteiger partial charge in [0.15, 0.2) is 0 Å². The molecule has 2 atom stereocenters. The minimum Gasteiger partial charge on any atom is -0.545 e. The summed E-state index contributed by atoms with van der Waals surface area (Å²) >= 11 is 0. The topological polar surface area (TPSA) is 80.3 Å². The SMILES string of the molecule is CCCC(C)CCc1ccc(C(=O)[O-])c(C(=O)[O-])c1CCC(C)CCC. The standard InChI is InChI=1S/C22H34O4/c1-5-7-15(3)9-11-17-12-14-19(21(23)24)20(22(25)26)18(17)13-10-16(4)8-6-2/h12,14-16H,5-11,13H2,1-4H3,(H,23,24)(H,25,26)/p-2. The van der Waals surface area contributed by atoms with Crippen molar-refractivity contribution in [2.75, 3.05) is 0 Å². The predicted octanol–water partition coefficient (Wildman–Crippen LogP) is 3.15. The Balaban J connectivity index is 3.19. The zero-order chi connectivity index (χ0) is 19.7. The van der Waals surface area contributed by atoms with Crippen molar-refractivity contribution in [3.8, 4) is 0 Å². The zero-order valence-electron chi connectivity index (χ0n) is 16.6. The fourth-order valence-electron chi connectivity index (χ4n) is 3.68. The van der Waals surface area contributed by atoms with Crippen molar-refractivity contribution in [1.29, 1.82) is 0 Å². The number of aromatic carboxylic acids is 2. The number of benzene rings is 1. The third kappa shape index (κ3) is 6.47. The Morgan fingerprint density at radius 3 is 1.85 bits per heavy atom. The average molecular weight is 360 g/mol. The van der Waals surface area contributed by atoms with Crippen LogP contribution in [0.3, 0.4) is 0 Å². The maximum atomic E-state index is 11.7. The van der Waals surface area contributed by atoms with Gasteiger partial charge in [-0.2, -0.15) is 0 Å². The van der Waals surface area contributed by atoms with Crippen LogP contribution in [0.25, 0.3) is 0 Å². The number of aryl methyl sites for hydroxylation is 1. The van der Waals surface area contributed by atoms with E-state index in [2.05, 4.69) is 27.7 Å². The Kier molecular flexibility index (Phi) is 9.39. The molecule has 1 rings (SSSR count). The smallest absolute Gasteiger partial charge is 0.0724 e. The number of carbonyl (C=O) groups is 2. The van der Waals surface area contributed by atoms with Crippen LogP contribution in [0.1, 0.15) is 98.1 Å². The molecule has 0 aliphatic carbocycles. The van der Waals surface area contributed by atoms with Gasteiger partial charge in [-0.3, -0.25) is 0 Å². The first-order valence-corrected chi connectivity index (χ1v) is 9.89. The van der Waals surface area contributed by atoms with E-state index in [0.717, 1.165) is 50.5 Å². The van der Waals surface area contributed by atoms with Crippen molar-refractivity contribution < 1.29 is 19.8 Å². The third-order valence-corrected chi connectivity index (χ3v) is 5.19. The quantitative estimate of drug-likeness (QED) is 0.573. The maximum absolute atomic E-state index is 11.7. The first kappa shape index (κ1) is 22.2. The number of carboxylic acids is 2. The summed E-state index contributed by atoms with van der Waals surface area (Å²) in [5, 5.41) is 23.1. The summed E-state index contributed by atoms with van der Waals surface area (Å²) < 4.78 is 0. The lowest BCUT2D eigenvalue weighted by molar-refractivity contribution is -0.259. The van der Waals surface area contributed by atoms with Crippen LogP contribution in [0.2, 0.25) is 0 Å². The minimum absolute atomic E-state index is 0.186. The van der Waals surface area contributed by atoms with Crippen LogP contribution < -0.4 is 10.2 Å². The normalized spacial score (nSPS) is 13.4. The van der Waals surface area contributed by atoms with E-state index in [1.54, 1.807) is 6.07 Å². The van der Waals surface area contributed by atoms with Crippen molar-refractivity contribution in [2.24, 2.45) is 11.8 Å². The van der Waals surface area contributed by atoms with Gasteiger partial charge >= 0.3 is 0 Å². The lowest BCUT2D eigenvalue weighted by Gasteiger charge is -2.22. The highest BCUT2D eigenvalue weighted by Crippen LogP contribution is 2.26. The van der Waals surface area contributed by atoms with E-state index in [1.807, 2.05) is 0 Å². The van der Waals surface area contributed by atoms with E-state index in [1.165, 1.54) is 6.07 Å². The molecule has 4 heteroatoms.